The fraction of sp³-hybridized carbons (Fsp3) is 0.500. The van der Waals surface area contributed by atoms with E-state index in [2.05, 4.69) is 4.98 Å². The van der Waals surface area contributed by atoms with Gasteiger partial charge in [0.2, 0.25) is 0 Å². The third-order valence-corrected chi connectivity index (χ3v) is 4.99. The summed E-state index contributed by atoms with van der Waals surface area (Å²) < 4.78 is 11.4. The normalized spacial score (nSPS) is 22.1. The molecule has 0 radical (unpaired) electrons. The molecule has 128 valence electrons. The van der Waals surface area contributed by atoms with Crippen molar-refractivity contribution in [2.24, 2.45) is 11.8 Å². The molecule has 4 heteroatoms. The molecular formula is C20H25NO3. The van der Waals surface area contributed by atoms with Crippen LogP contribution in [0.15, 0.2) is 36.5 Å². The van der Waals surface area contributed by atoms with E-state index in [1.807, 2.05) is 44.2 Å². The molecule has 3 rings (SSSR count). The summed E-state index contributed by atoms with van der Waals surface area (Å²) in [6, 6.07) is 9.98. The number of carbonyl (C=O) groups is 1. The third-order valence-electron chi connectivity index (χ3n) is 4.99. The molecule has 1 heterocycles. The summed E-state index contributed by atoms with van der Waals surface area (Å²) in [6.45, 7) is 4.30. The Morgan fingerprint density at radius 2 is 1.96 bits per heavy atom. The predicted octanol–water partition coefficient (Wildman–Crippen LogP) is 4.37. The van der Waals surface area contributed by atoms with Crippen LogP contribution in [0.1, 0.15) is 39.5 Å². The van der Waals surface area contributed by atoms with E-state index in [9.17, 15) is 4.79 Å². The van der Waals surface area contributed by atoms with Crippen LogP contribution in [0.4, 0.5) is 0 Å². The molecule has 24 heavy (non-hydrogen) atoms. The summed E-state index contributed by atoms with van der Waals surface area (Å²) in [5.41, 5.74) is 0.958. The van der Waals surface area contributed by atoms with E-state index in [0.717, 1.165) is 42.3 Å². The lowest BCUT2D eigenvalue weighted by molar-refractivity contribution is -0.150. The van der Waals surface area contributed by atoms with Gasteiger partial charge in [0.05, 0.1) is 24.1 Å². The standard InChI is InChI=1S/C20H25NO3/c1-3-23-20(22)14(2)15-8-10-16(11-9-15)24-19-12-13-21-18-7-5-4-6-17(18)19/h4-7,12-16H,3,8-11H2,1-2H3/t14?,15-,16+. The fourth-order valence-corrected chi connectivity index (χ4v) is 3.52. The van der Waals surface area contributed by atoms with E-state index in [1.165, 1.54) is 0 Å². The molecule has 1 aromatic heterocycles. The van der Waals surface area contributed by atoms with Crippen LogP contribution in [-0.2, 0) is 9.53 Å². The Morgan fingerprint density at radius 1 is 1.21 bits per heavy atom. The lowest BCUT2D eigenvalue weighted by Crippen LogP contribution is -2.30. The molecule has 0 saturated heterocycles. The van der Waals surface area contributed by atoms with Crippen molar-refractivity contribution in [3.63, 3.8) is 0 Å². The van der Waals surface area contributed by atoms with E-state index >= 15 is 0 Å². The van der Waals surface area contributed by atoms with Gasteiger partial charge in [0.1, 0.15) is 5.75 Å². The zero-order valence-electron chi connectivity index (χ0n) is 14.4. The molecule has 4 nitrogen and oxygen atoms in total. The molecule has 1 aliphatic carbocycles. The van der Waals surface area contributed by atoms with Crippen molar-refractivity contribution in [3.05, 3.63) is 36.5 Å². The Bertz CT molecular complexity index is 687. The van der Waals surface area contributed by atoms with Crippen LogP contribution in [0.2, 0.25) is 0 Å². The SMILES string of the molecule is CCOC(=O)C(C)[C@H]1CC[C@@H](Oc2ccnc3ccccc23)CC1. The van der Waals surface area contributed by atoms with Gasteiger partial charge in [-0.1, -0.05) is 19.1 Å². The Hall–Kier alpha value is -2.10. The van der Waals surface area contributed by atoms with Gasteiger partial charge >= 0.3 is 5.97 Å². The van der Waals surface area contributed by atoms with Crippen LogP contribution in [-0.4, -0.2) is 23.7 Å². The van der Waals surface area contributed by atoms with Crippen molar-refractivity contribution in [1.82, 2.24) is 4.98 Å². The molecule has 1 aliphatic rings. The van der Waals surface area contributed by atoms with E-state index in [4.69, 9.17) is 9.47 Å². The smallest absolute Gasteiger partial charge is 0.308 e. The first-order valence-electron chi connectivity index (χ1n) is 8.86. The number of fused-ring (bicyclic) bond motifs is 1. The maximum absolute atomic E-state index is 11.9. The minimum Gasteiger partial charge on any atom is -0.490 e. The molecule has 1 saturated carbocycles. The first kappa shape index (κ1) is 16.7. The zero-order valence-corrected chi connectivity index (χ0v) is 14.4. The van der Waals surface area contributed by atoms with Gasteiger partial charge in [-0.25, -0.2) is 0 Å². The van der Waals surface area contributed by atoms with Gasteiger partial charge < -0.3 is 9.47 Å². The van der Waals surface area contributed by atoms with Crippen LogP contribution in [0, 0.1) is 11.8 Å². The molecule has 1 aromatic carbocycles. The Morgan fingerprint density at radius 3 is 2.71 bits per heavy atom. The maximum Gasteiger partial charge on any atom is 0.308 e. The number of nitrogens with zero attached hydrogens (tertiary/aromatic N) is 1. The highest BCUT2D eigenvalue weighted by molar-refractivity contribution is 5.84. The second kappa shape index (κ2) is 7.65. The van der Waals surface area contributed by atoms with Crippen LogP contribution < -0.4 is 4.74 Å². The van der Waals surface area contributed by atoms with Gasteiger partial charge in [0, 0.05) is 11.6 Å². The average Bonchev–Trinajstić information content (AvgIpc) is 2.62. The lowest BCUT2D eigenvalue weighted by Gasteiger charge is -2.31. The first-order chi connectivity index (χ1) is 11.7. The van der Waals surface area contributed by atoms with Crippen LogP contribution in [0.3, 0.4) is 0 Å². The van der Waals surface area contributed by atoms with Gasteiger partial charge in [0.25, 0.3) is 0 Å². The quantitative estimate of drug-likeness (QED) is 0.765. The number of hydrogen-bond donors (Lipinski definition) is 0. The minimum atomic E-state index is -0.0676. The van der Waals surface area contributed by atoms with E-state index < -0.39 is 0 Å². The summed E-state index contributed by atoms with van der Waals surface area (Å²) >= 11 is 0. The van der Waals surface area contributed by atoms with E-state index in [-0.39, 0.29) is 18.0 Å². The Kier molecular flexibility index (Phi) is 5.34. The molecule has 0 N–H and O–H groups in total. The number of rotatable bonds is 5. The molecule has 1 fully saturated rings. The number of carbonyl (C=O) groups excluding carboxylic acids is 1. The van der Waals surface area contributed by atoms with Gasteiger partial charge in [0.15, 0.2) is 0 Å². The summed E-state index contributed by atoms with van der Waals surface area (Å²) in [4.78, 5) is 16.3. The minimum absolute atomic E-state index is 0.0207. The summed E-state index contributed by atoms with van der Waals surface area (Å²) in [6.07, 6.45) is 5.98. The highest BCUT2D eigenvalue weighted by Crippen LogP contribution is 2.34. The van der Waals surface area contributed by atoms with Crippen molar-refractivity contribution >= 4 is 16.9 Å². The number of para-hydroxylation sites is 1. The van der Waals surface area contributed by atoms with Gasteiger partial charge in [-0.2, -0.15) is 0 Å². The molecule has 0 aliphatic heterocycles. The fourth-order valence-electron chi connectivity index (χ4n) is 3.52. The number of hydrogen-bond acceptors (Lipinski definition) is 4. The van der Waals surface area contributed by atoms with Gasteiger partial charge in [-0.3, -0.25) is 9.78 Å². The van der Waals surface area contributed by atoms with Crippen molar-refractivity contribution in [1.29, 1.82) is 0 Å². The van der Waals surface area contributed by atoms with Crippen molar-refractivity contribution in [2.45, 2.75) is 45.6 Å². The molecule has 0 bridgehead atoms. The topological polar surface area (TPSA) is 48.4 Å². The van der Waals surface area contributed by atoms with Crippen molar-refractivity contribution < 1.29 is 14.3 Å². The van der Waals surface area contributed by atoms with Gasteiger partial charge in [-0.15, -0.1) is 0 Å². The molecule has 0 spiro atoms. The maximum atomic E-state index is 11.9. The molecule has 0 amide bonds. The molecule has 1 atom stereocenters. The van der Waals surface area contributed by atoms with E-state index in [1.54, 1.807) is 6.20 Å². The largest absolute Gasteiger partial charge is 0.490 e. The zero-order chi connectivity index (χ0) is 16.9. The lowest BCUT2D eigenvalue weighted by atomic mass is 9.79. The summed E-state index contributed by atoms with van der Waals surface area (Å²) in [7, 11) is 0. The van der Waals surface area contributed by atoms with Crippen LogP contribution in [0.5, 0.6) is 5.75 Å². The van der Waals surface area contributed by atoms with Crippen molar-refractivity contribution in [3.8, 4) is 5.75 Å². The monoisotopic (exact) mass is 327 g/mol. The Labute approximate surface area is 143 Å². The molecule has 1 unspecified atom stereocenters. The highest BCUT2D eigenvalue weighted by atomic mass is 16.5. The van der Waals surface area contributed by atoms with Crippen LogP contribution in [0.25, 0.3) is 10.9 Å². The summed E-state index contributed by atoms with van der Waals surface area (Å²) in [5.74, 6) is 1.22. The van der Waals surface area contributed by atoms with Gasteiger partial charge in [-0.05, 0) is 56.7 Å². The summed E-state index contributed by atoms with van der Waals surface area (Å²) in [5, 5.41) is 1.06. The number of pyridine rings is 1. The first-order valence-corrected chi connectivity index (χ1v) is 8.86. The highest BCUT2D eigenvalue weighted by Gasteiger charge is 2.30. The second-order valence-electron chi connectivity index (χ2n) is 6.52. The number of benzene rings is 1. The number of aromatic nitrogens is 1. The van der Waals surface area contributed by atoms with Crippen LogP contribution >= 0.6 is 0 Å². The number of ether oxygens (including phenoxy) is 2. The average molecular weight is 327 g/mol. The molecular weight excluding hydrogens is 302 g/mol. The van der Waals surface area contributed by atoms with Crippen molar-refractivity contribution in [2.75, 3.05) is 6.61 Å². The number of esters is 1. The Balaban J connectivity index is 1.60. The predicted molar refractivity (Wildman–Crippen MR) is 93.9 cm³/mol. The molecule has 2 aromatic rings. The van der Waals surface area contributed by atoms with E-state index in [0.29, 0.717) is 12.5 Å². The third kappa shape index (κ3) is 3.69. The second-order valence-corrected chi connectivity index (χ2v) is 6.52.